The third-order valence-corrected chi connectivity index (χ3v) is 2.26. The van der Waals surface area contributed by atoms with Gasteiger partial charge in [0.2, 0.25) is 0 Å². The van der Waals surface area contributed by atoms with E-state index in [-0.39, 0.29) is 5.56 Å². The Morgan fingerprint density at radius 3 is 2.76 bits per heavy atom. The second-order valence-electron chi connectivity index (χ2n) is 3.70. The summed E-state index contributed by atoms with van der Waals surface area (Å²) in [5.41, 5.74) is 1.12. The Balaban J connectivity index is 2.55. The molecule has 17 heavy (non-hydrogen) atoms. The Bertz CT molecular complexity index is 374. The van der Waals surface area contributed by atoms with Crippen molar-refractivity contribution in [1.82, 2.24) is 0 Å². The molecule has 0 aliphatic rings. The molecule has 1 N–H and O–H groups in total. The Hall–Kier alpha value is -1.55. The smallest absolute Gasteiger partial charge is 0.339 e. The molecule has 0 fully saturated rings. The van der Waals surface area contributed by atoms with Crippen molar-refractivity contribution < 1.29 is 19.4 Å². The maximum Gasteiger partial charge on any atom is 0.339 e. The fourth-order valence-corrected chi connectivity index (χ4v) is 1.42. The first kappa shape index (κ1) is 13.5. The number of ether oxygens (including phenoxy) is 2. The Morgan fingerprint density at radius 1 is 1.35 bits per heavy atom. The number of aryl methyl sites for hydroxylation is 1. The van der Waals surface area contributed by atoms with Crippen LogP contribution < -0.4 is 4.74 Å². The molecule has 0 bridgehead atoms. The van der Waals surface area contributed by atoms with E-state index in [0.717, 1.165) is 12.0 Å². The fourth-order valence-electron chi connectivity index (χ4n) is 1.42. The lowest BCUT2D eigenvalue weighted by Gasteiger charge is -2.09. The number of carboxylic acids is 1. The Labute approximate surface area is 101 Å². The van der Waals surface area contributed by atoms with Gasteiger partial charge < -0.3 is 14.6 Å². The molecule has 1 aromatic rings. The van der Waals surface area contributed by atoms with Gasteiger partial charge in [-0.1, -0.05) is 11.6 Å². The van der Waals surface area contributed by atoms with Crippen LogP contribution in [0.15, 0.2) is 18.2 Å². The van der Waals surface area contributed by atoms with Crippen molar-refractivity contribution in [1.29, 1.82) is 0 Å². The molecule has 4 nitrogen and oxygen atoms in total. The monoisotopic (exact) mass is 238 g/mol. The van der Waals surface area contributed by atoms with Crippen LogP contribution in [0.4, 0.5) is 0 Å². The van der Waals surface area contributed by atoms with Gasteiger partial charge in [-0.3, -0.25) is 0 Å². The zero-order valence-electron chi connectivity index (χ0n) is 10.2. The topological polar surface area (TPSA) is 55.8 Å². The lowest BCUT2D eigenvalue weighted by Crippen LogP contribution is -2.07. The van der Waals surface area contributed by atoms with Crippen LogP contribution in [0.3, 0.4) is 0 Å². The number of carbonyl (C=O) groups is 1. The van der Waals surface area contributed by atoms with Gasteiger partial charge in [0.1, 0.15) is 11.3 Å². The molecule has 4 heteroatoms. The van der Waals surface area contributed by atoms with Crippen LogP contribution in [-0.2, 0) is 4.74 Å². The molecule has 0 spiro atoms. The minimum Gasteiger partial charge on any atom is -0.493 e. The van der Waals surface area contributed by atoms with Gasteiger partial charge in [0.25, 0.3) is 0 Å². The van der Waals surface area contributed by atoms with Crippen LogP contribution in [0.5, 0.6) is 5.75 Å². The lowest BCUT2D eigenvalue weighted by molar-refractivity contribution is 0.0691. The molecule has 0 aliphatic carbocycles. The minimum atomic E-state index is -0.964. The number of benzene rings is 1. The predicted molar refractivity (Wildman–Crippen MR) is 64.7 cm³/mol. The van der Waals surface area contributed by atoms with E-state index in [1.54, 1.807) is 12.1 Å². The van der Waals surface area contributed by atoms with Crippen molar-refractivity contribution in [3.8, 4) is 5.75 Å². The summed E-state index contributed by atoms with van der Waals surface area (Å²) in [6, 6.07) is 5.14. The Morgan fingerprint density at radius 2 is 2.12 bits per heavy atom. The first-order valence-corrected chi connectivity index (χ1v) is 5.69. The summed E-state index contributed by atoms with van der Waals surface area (Å²) in [5.74, 6) is -0.548. The molecule has 0 radical (unpaired) electrons. The Kier molecular flexibility index (Phi) is 5.49. The molecule has 0 heterocycles. The van der Waals surface area contributed by atoms with Gasteiger partial charge in [-0.2, -0.15) is 0 Å². The SMILES string of the molecule is CCOCCCOc1ccc(C)cc1C(=O)O. The maximum atomic E-state index is 11.0. The summed E-state index contributed by atoms with van der Waals surface area (Å²) in [6.45, 7) is 5.56. The van der Waals surface area contributed by atoms with Gasteiger partial charge in [-0.25, -0.2) is 4.79 Å². The maximum absolute atomic E-state index is 11.0. The number of hydrogen-bond donors (Lipinski definition) is 1. The zero-order chi connectivity index (χ0) is 12.7. The highest BCUT2D eigenvalue weighted by Crippen LogP contribution is 2.20. The van der Waals surface area contributed by atoms with Crippen LogP contribution in [0.1, 0.15) is 29.3 Å². The fraction of sp³-hybridized carbons (Fsp3) is 0.462. The van der Waals surface area contributed by atoms with Gasteiger partial charge in [-0.15, -0.1) is 0 Å². The average Bonchev–Trinajstić information content (AvgIpc) is 2.30. The largest absolute Gasteiger partial charge is 0.493 e. The van der Waals surface area contributed by atoms with Gasteiger partial charge in [-0.05, 0) is 26.0 Å². The molecule has 0 atom stereocenters. The van der Waals surface area contributed by atoms with Crippen LogP contribution in [0, 0.1) is 6.92 Å². The van der Waals surface area contributed by atoms with E-state index in [9.17, 15) is 4.79 Å². The number of rotatable bonds is 7. The van der Waals surface area contributed by atoms with Crippen molar-refractivity contribution in [2.75, 3.05) is 19.8 Å². The molecular weight excluding hydrogens is 220 g/mol. The number of hydrogen-bond acceptors (Lipinski definition) is 3. The molecule has 0 amide bonds. The highest BCUT2D eigenvalue weighted by molar-refractivity contribution is 5.91. The van der Waals surface area contributed by atoms with Gasteiger partial charge >= 0.3 is 5.97 Å². The van der Waals surface area contributed by atoms with E-state index in [1.165, 1.54) is 0 Å². The molecule has 0 aliphatic heterocycles. The first-order valence-electron chi connectivity index (χ1n) is 5.69. The molecule has 0 saturated carbocycles. The summed E-state index contributed by atoms with van der Waals surface area (Å²) in [5, 5.41) is 9.03. The second kappa shape index (κ2) is 6.91. The predicted octanol–water partition coefficient (Wildman–Crippen LogP) is 2.50. The minimum absolute atomic E-state index is 0.210. The molecule has 0 aromatic heterocycles. The summed E-state index contributed by atoms with van der Waals surface area (Å²) in [7, 11) is 0. The third-order valence-electron chi connectivity index (χ3n) is 2.26. The van der Waals surface area contributed by atoms with Crippen molar-refractivity contribution >= 4 is 5.97 Å². The summed E-state index contributed by atoms with van der Waals surface area (Å²) < 4.78 is 10.6. The third kappa shape index (κ3) is 4.44. The number of carboxylic acid groups (broad SMARTS) is 1. The van der Waals surface area contributed by atoms with E-state index in [0.29, 0.717) is 25.6 Å². The van der Waals surface area contributed by atoms with E-state index < -0.39 is 5.97 Å². The summed E-state index contributed by atoms with van der Waals surface area (Å²) in [6.07, 6.45) is 0.751. The van der Waals surface area contributed by atoms with Crippen LogP contribution >= 0.6 is 0 Å². The van der Waals surface area contributed by atoms with Gasteiger partial charge in [0.05, 0.1) is 6.61 Å². The van der Waals surface area contributed by atoms with Gasteiger partial charge in [0.15, 0.2) is 0 Å². The highest BCUT2D eigenvalue weighted by Gasteiger charge is 2.10. The van der Waals surface area contributed by atoms with Crippen molar-refractivity contribution in [2.24, 2.45) is 0 Å². The van der Waals surface area contributed by atoms with Crippen LogP contribution in [0.2, 0.25) is 0 Å². The van der Waals surface area contributed by atoms with Crippen molar-refractivity contribution in [3.63, 3.8) is 0 Å². The molecule has 0 saturated heterocycles. The normalized spacial score (nSPS) is 10.2. The van der Waals surface area contributed by atoms with E-state index in [2.05, 4.69) is 0 Å². The van der Waals surface area contributed by atoms with Crippen molar-refractivity contribution in [3.05, 3.63) is 29.3 Å². The second-order valence-corrected chi connectivity index (χ2v) is 3.70. The van der Waals surface area contributed by atoms with E-state index in [1.807, 2.05) is 19.9 Å². The molecule has 0 unspecified atom stereocenters. The van der Waals surface area contributed by atoms with Crippen molar-refractivity contribution in [2.45, 2.75) is 20.3 Å². The standard InChI is InChI=1S/C13H18O4/c1-3-16-7-4-8-17-12-6-5-10(2)9-11(12)13(14)15/h5-6,9H,3-4,7-8H2,1-2H3,(H,14,15). The van der Waals surface area contributed by atoms with Crippen LogP contribution in [0.25, 0.3) is 0 Å². The van der Waals surface area contributed by atoms with Gasteiger partial charge in [0, 0.05) is 19.6 Å². The molecule has 1 aromatic carbocycles. The quantitative estimate of drug-likeness (QED) is 0.741. The highest BCUT2D eigenvalue weighted by atomic mass is 16.5. The molecular formula is C13H18O4. The van der Waals surface area contributed by atoms with E-state index >= 15 is 0 Å². The first-order chi connectivity index (χ1) is 8.15. The molecule has 1 rings (SSSR count). The lowest BCUT2D eigenvalue weighted by atomic mass is 10.1. The summed E-state index contributed by atoms with van der Waals surface area (Å²) in [4.78, 5) is 11.0. The number of aromatic carboxylic acids is 1. The van der Waals surface area contributed by atoms with E-state index in [4.69, 9.17) is 14.6 Å². The molecule has 94 valence electrons. The van der Waals surface area contributed by atoms with Crippen LogP contribution in [-0.4, -0.2) is 30.9 Å². The average molecular weight is 238 g/mol. The zero-order valence-corrected chi connectivity index (χ0v) is 10.2. The summed E-state index contributed by atoms with van der Waals surface area (Å²) >= 11 is 0.